The van der Waals surface area contributed by atoms with Crippen LogP contribution in [0.2, 0.25) is 0 Å². The summed E-state index contributed by atoms with van der Waals surface area (Å²) in [6, 6.07) is 23.3. The van der Waals surface area contributed by atoms with Crippen LogP contribution in [0.5, 0.6) is 0 Å². The molecule has 3 aromatic rings. The average molecular weight is 587 g/mol. The minimum Gasteiger partial charge on any atom is -0.352 e. The SMILES string of the molecule is CCC(C(=O)NC(C)C)N(Cc1ccccc1)C(=O)CN(c1cccc(Br)c1)S(=O)(=O)c1ccccc1. The van der Waals surface area contributed by atoms with Crippen LogP contribution in [-0.4, -0.2) is 43.8 Å². The molecule has 0 heterocycles. The van der Waals surface area contributed by atoms with Gasteiger partial charge in [0.1, 0.15) is 12.6 Å². The topological polar surface area (TPSA) is 86.8 Å². The number of nitrogens with zero attached hydrogens (tertiary/aromatic N) is 2. The Labute approximate surface area is 227 Å². The molecular weight excluding hydrogens is 554 g/mol. The van der Waals surface area contributed by atoms with E-state index in [9.17, 15) is 18.0 Å². The number of anilines is 1. The van der Waals surface area contributed by atoms with Crippen molar-refractivity contribution in [2.45, 2.75) is 50.7 Å². The van der Waals surface area contributed by atoms with E-state index >= 15 is 0 Å². The Balaban J connectivity index is 2.04. The molecule has 37 heavy (non-hydrogen) atoms. The van der Waals surface area contributed by atoms with Gasteiger partial charge in [-0.1, -0.05) is 77.5 Å². The summed E-state index contributed by atoms with van der Waals surface area (Å²) in [5, 5.41) is 2.89. The number of benzene rings is 3. The van der Waals surface area contributed by atoms with Gasteiger partial charge in [0.15, 0.2) is 0 Å². The van der Waals surface area contributed by atoms with E-state index in [-0.39, 0.29) is 23.4 Å². The third kappa shape index (κ3) is 7.42. The molecule has 196 valence electrons. The van der Waals surface area contributed by atoms with Crippen LogP contribution >= 0.6 is 15.9 Å². The quantitative estimate of drug-likeness (QED) is 0.344. The molecule has 1 unspecified atom stereocenters. The van der Waals surface area contributed by atoms with Crippen molar-refractivity contribution in [1.29, 1.82) is 0 Å². The number of carbonyl (C=O) groups is 2. The first-order valence-electron chi connectivity index (χ1n) is 12.1. The van der Waals surface area contributed by atoms with Crippen LogP contribution in [0.3, 0.4) is 0 Å². The number of hydrogen-bond acceptors (Lipinski definition) is 4. The summed E-state index contributed by atoms with van der Waals surface area (Å²) < 4.78 is 29.3. The third-order valence-corrected chi connectivity index (χ3v) is 8.00. The van der Waals surface area contributed by atoms with Crippen LogP contribution in [0.25, 0.3) is 0 Å². The molecule has 2 amide bonds. The number of halogens is 1. The van der Waals surface area contributed by atoms with E-state index < -0.39 is 28.5 Å². The highest BCUT2D eigenvalue weighted by Gasteiger charge is 2.33. The minimum absolute atomic E-state index is 0.0713. The number of nitrogens with one attached hydrogen (secondary N) is 1. The van der Waals surface area contributed by atoms with Crippen molar-refractivity contribution >= 4 is 43.5 Å². The first-order valence-corrected chi connectivity index (χ1v) is 14.3. The van der Waals surface area contributed by atoms with Gasteiger partial charge in [-0.05, 0) is 56.2 Å². The van der Waals surface area contributed by atoms with Crippen molar-refractivity contribution in [2.24, 2.45) is 0 Å². The molecule has 0 fully saturated rings. The van der Waals surface area contributed by atoms with E-state index in [4.69, 9.17) is 0 Å². The standard InChI is InChI=1S/C28H32BrN3O4S/c1-4-26(28(34)30-21(2)3)31(19-22-12-7-5-8-13-22)27(33)20-32(24-15-11-14-23(29)18-24)37(35,36)25-16-9-6-10-17-25/h5-18,21,26H,4,19-20H2,1-3H3,(H,30,34). The van der Waals surface area contributed by atoms with Crippen molar-refractivity contribution in [3.05, 3.63) is 95.0 Å². The second-order valence-electron chi connectivity index (χ2n) is 8.90. The predicted molar refractivity (Wildman–Crippen MR) is 149 cm³/mol. The molecule has 0 saturated heterocycles. The second kappa shape index (κ2) is 12.9. The largest absolute Gasteiger partial charge is 0.352 e. The van der Waals surface area contributed by atoms with Gasteiger partial charge in [-0.2, -0.15) is 0 Å². The molecule has 0 spiro atoms. The Morgan fingerprint density at radius 3 is 2.11 bits per heavy atom. The Hall–Kier alpha value is -3.17. The maximum absolute atomic E-state index is 13.9. The fourth-order valence-corrected chi connectivity index (χ4v) is 5.77. The van der Waals surface area contributed by atoms with Crippen molar-refractivity contribution in [1.82, 2.24) is 10.2 Å². The number of hydrogen-bond donors (Lipinski definition) is 1. The van der Waals surface area contributed by atoms with Crippen molar-refractivity contribution < 1.29 is 18.0 Å². The molecule has 0 saturated carbocycles. The Morgan fingerprint density at radius 2 is 1.54 bits per heavy atom. The van der Waals surface area contributed by atoms with Crippen LogP contribution < -0.4 is 9.62 Å². The van der Waals surface area contributed by atoms with Crippen molar-refractivity contribution in [2.75, 3.05) is 10.8 Å². The van der Waals surface area contributed by atoms with E-state index in [0.29, 0.717) is 16.6 Å². The Morgan fingerprint density at radius 1 is 0.919 bits per heavy atom. The highest BCUT2D eigenvalue weighted by Crippen LogP contribution is 2.27. The van der Waals surface area contributed by atoms with Gasteiger partial charge in [-0.15, -0.1) is 0 Å². The molecular formula is C28H32BrN3O4S. The molecule has 9 heteroatoms. The van der Waals surface area contributed by atoms with Gasteiger partial charge in [0.2, 0.25) is 11.8 Å². The third-order valence-electron chi connectivity index (χ3n) is 5.72. The Bertz CT molecular complexity index is 1300. The highest BCUT2D eigenvalue weighted by molar-refractivity contribution is 9.10. The molecule has 0 aromatic heterocycles. The summed E-state index contributed by atoms with van der Waals surface area (Å²) in [5.41, 5.74) is 1.18. The smallest absolute Gasteiger partial charge is 0.264 e. The summed E-state index contributed by atoms with van der Waals surface area (Å²) >= 11 is 3.40. The average Bonchev–Trinajstić information content (AvgIpc) is 2.87. The molecule has 0 aliphatic rings. The molecule has 0 bridgehead atoms. The highest BCUT2D eigenvalue weighted by atomic mass is 79.9. The molecule has 1 N–H and O–H groups in total. The molecule has 0 aliphatic heterocycles. The van der Waals surface area contributed by atoms with Crippen LogP contribution in [0, 0.1) is 0 Å². The zero-order chi connectivity index (χ0) is 27.0. The van der Waals surface area contributed by atoms with Crippen molar-refractivity contribution in [3.8, 4) is 0 Å². The summed E-state index contributed by atoms with van der Waals surface area (Å²) in [5.74, 6) is -0.754. The van der Waals surface area contributed by atoms with E-state index in [0.717, 1.165) is 9.87 Å². The summed E-state index contributed by atoms with van der Waals surface area (Å²) in [6.45, 7) is 5.25. The van der Waals surface area contributed by atoms with Gasteiger partial charge >= 0.3 is 0 Å². The normalized spacial score (nSPS) is 12.1. The molecule has 7 nitrogen and oxygen atoms in total. The number of amides is 2. The van der Waals surface area contributed by atoms with Crippen LogP contribution in [0.15, 0.2) is 94.3 Å². The molecule has 0 aliphatic carbocycles. The fraction of sp³-hybridized carbons (Fsp3) is 0.286. The second-order valence-corrected chi connectivity index (χ2v) is 11.7. The van der Waals surface area contributed by atoms with Crippen LogP contribution in [0.4, 0.5) is 5.69 Å². The lowest BCUT2D eigenvalue weighted by Crippen LogP contribution is -2.53. The predicted octanol–water partition coefficient (Wildman–Crippen LogP) is 4.98. The lowest BCUT2D eigenvalue weighted by Gasteiger charge is -2.33. The minimum atomic E-state index is -4.08. The summed E-state index contributed by atoms with van der Waals surface area (Å²) in [7, 11) is -4.08. The van der Waals surface area contributed by atoms with E-state index in [1.165, 1.54) is 17.0 Å². The van der Waals surface area contributed by atoms with E-state index in [1.807, 2.05) is 51.1 Å². The van der Waals surface area contributed by atoms with Gasteiger partial charge < -0.3 is 10.2 Å². The zero-order valence-electron chi connectivity index (χ0n) is 21.2. The monoisotopic (exact) mass is 585 g/mol. The lowest BCUT2D eigenvalue weighted by molar-refractivity contribution is -0.140. The number of rotatable bonds is 11. The molecule has 3 rings (SSSR count). The van der Waals surface area contributed by atoms with Gasteiger partial charge in [0.25, 0.3) is 10.0 Å². The van der Waals surface area contributed by atoms with Crippen molar-refractivity contribution in [3.63, 3.8) is 0 Å². The number of sulfonamides is 1. The van der Waals surface area contributed by atoms with Crippen LogP contribution in [-0.2, 0) is 26.2 Å². The molecule has 1 atom stereocenters. The fourth-order valence-electron chi connectivity index (χ4n) is 3.96. The maximum Gasteiger partial charge on any atom is 0.264 e. The summed E-state index contributed by atoms with van der Waals surface area (Å²) in [4.78, 5) is 28.6. The zero-order valence-corrected chi connectivity index (χ0v) is 23.6. The maximum atomic E-state index is 13.9. The lowest BCUT2D eigenvalue weighted by atomic mass is 10.1. The first kappa shape index (κ1) is 28.4. The van der Waals surface area contributed by atoms with Gasteiger partial charge in [0.05, 0.1) is 10.6 Å². The van der Waals surface area contributed by atoms with E-state index in [1.54, 1.807) is 42.5 Å². The van der Waals surface area contributed by atoms with Gasteiger partial charge in [-0.25, -0.2) is 8.42 Å². The summed E-state index contributed by atoms with van der Waals surface area (Å²) in [6.07, 6.45) is 0.374. The van der Waals surface area contributed by atoms with E-state index in [2.05, 4.69) is 21.2 Å². The molecule has 3 aromatic carbocycles. The van der Waals surface area contributed by atoms with Crippen LogP contribution in [0.1, 0.15) is 32.8 Å². The van der Waals surface area contributed by atoms with Gasteiger partial charge in [0, 0.05) is 17.1 Å². The Kier molecular flexibility index (Phi) is 9.88. The number of carbonyl (C=O) groups excluding carboxylic acids is 2. The molecule has 0 radical (unpaired) electrons. The first-order chi connectivity index (χ1) is 17.6. The van der Waals surface area contributed by atoms with Gasteiger partial charge in [-0.3, -0.25) is 13.9 Å².